The van der Waals surface area contributed by atoms with E-state index in [2.05, 4.69) is 9.88 Å². The van der Waals surface area contributed by atoms with E-state index in [0.717, 1.165) is 61.5 Å². The summed E-state index contributed by atoms with van der Waals surface area (Å²) in [6.07, 6.45) is 9.29. The maximum absolute atomic E-state index is 13.1. The Morgan fingerprint density at radius 3 is 2.80 bits per heavy atom. The molecule has 1 amide bonds. The number of H-pyrrole nitrogens is 1. The van der Waals surface area contributed by atoms with E-state index in [-0.39, 0.29) is 17.5 Å². The number of likely N-dealkylation sites (tertiary alicyclic amines) is 1. The van der Waals surface area contributed by atoms with Crippen LogP contribution in [0.15, 0.2) is 22.3 Å². The number of aromatic nitrogens is 2. The highest BCUT2D eigenvalue weighted by molar-refractivity contribution is 7.10. The summed E-state index contributed by atoms with van der Waals surface area (Å²) in [6.45, 7) is 2.47. The molecule has 2 fully saturated rings. The van der Waals surface area contributed by atoms with Crippen LogP contribution in [0.25, 0.3) is 0 Å². The molecule has 1 saturated heterocycles. The van der Waals surface area contributed by atoms with Crippen molar-refractivity contribution in [3.8, 4) is 0 Å². The monoisotopic (exact) mass is 426 g/mol. The van der Waals surface area contributed by atoms with Crippen LogP contribution in [-0.4, -0.2) is 44.8 Å². The minimum absolute atomic E-state index is 0.00250. The van der Waals surface area contributed by atoms with Gasteiger partial charge in [0.25, 0.3) is 5.56 Å². The van der Waals surface area contributed by atoms with Crippen LogP contribution in [0.4, 0.5) is 0 Å². The number of fused-ring (bicyclic) bond motifs is 1. The smallest absolute Gasteiger partial charge is 0.254 e. The Kier molecular flexibility index (Phi) is 5.74. The van der Waals surface area contributed by atoms with Crippen LogP contribution < -0.4 is 5.56 Å². The average molecular weight is 427 g/mol. The fourth-order valence-electron chi connectivity index (χ4n) is 5.40. The number of nitrogens with one attached hydrogen (secondary N) is 1. The summed E-state index contributed by atoms with van der Waals surface area (Å²) in [6, 6.07) is 4.52. The lowest BCUT2D eigenvalue weighted by atomic mass is 9.99. The molecule has 2 aromatic heterocycles. The molecular weight excluding hydrogens is 396 g/mol. The summed E-state index contributed by atoms with van der Waals surface area (Å²) in [4.78, 5) is 39.5. The zero-order valence-corrected chi connectivity index (χ0v) is 18.3. The second kappa shape index (κ2) is 8.63. The summed E-state index contributed by atoms with van der Waals surface area (Å²) < 4.78 is 0. The van der Waals surface area contributed by atoms with E-state index in [1.54, 1.807) is 11.3 Å². The molecule has 0 spiro atoms. The fourth-order valence-corrected chi connectivity index (χ4v) is 6.09. The van der Waals surface area contributed by atoms with E-state index >= 15 is 0 Å². The van der Waals surface area contributed by atoms with Gasteiger partial charge in [0.2, 0.25) is 5.91 Å². The molecule has 0 aromatic carbocycles. The van der Waals surface area contributed by atoms with Gasteiger partial charge >= 0.3 is 0 Å². The number of hydrogen-bond donors (Lipinski definition) is 1. The molecule has 6 nitrogen and oxygen atoms in total. The Morgan fingerprint density at radius 2 is 2.00 bits per heavy atom. The first kappa shape index (κ1) is 19.9. The molecule has 1 N–H and O–H groups in total. The lowest BCUT2D eigenvalue weighted by Crippen LogP contribution is -2.43. The molecular formula is C23H30N4O2S. The summed E-state index contributed by atoms with van der Waals surface area (Å²) in [5.74, 6) is 0.821. The third kappa shape index (κ3) is 3.97. The second-order valence-corrected chi connectivity index (χ2v) is 9.92. The Balaban J connectivity index is 1.39. The molecule has 0 radical (unpaired) electrons. The van der Waals surface area contributed by atoms with Crippen LogP contribution in [0.3, 0.4) is 0 Å². The van der Waals surface area contributed by atoms with Crippen molar-refractivity contribution in [3.63, 3.8) is 0 Å². The second-order valence-electron chi connectivity index (χ2n) is 8.89. The fraction of sp³-hybridized carbons (Fsp3) is 0.609. The van der Waals surface area contributed by atoms with Crippen molar-refractivity contribution in [1.29, 1.82) is 0 Å². The van der Waals surface area contributed by atoms with E-state index < -0.39 is 0 Å². The molecule has 2 aliphatic heterocycles. The van der Waals surface area contributed by atoms with Crippen LogP contribution in [-0.2, 0) is 24.2 Å². The number of hydrogen-bond acceptors (Lipinski definition) is 5. The number of amides is 1. The highest BCUT2D eigenvalue weighted by Crippen LogP contribution is 2.31. The van der Waals surface area contributed by atoms with Crippen LogP contribution >= 0.6 is 11.3 Å². The van der Waals surface area contributed by atoms with Gasteiger partial charge in [-0.15, -0.1) is 11.3 Å². The molecule has 1 saturated carbocycles. The Labute approximate surface area is 181 Å². The molecule has 5 rings (SSSR count). The predicted octanol–water partition coefficient (Wildman–Crippen LogP) is 3.43. The summed E-state index contributed by atoms with van der Waals surface area (Å²) in [7, 11) is 0. The topological polar surface area (TPSA) is 69.3 Å². The van der Waals surface area contributed by atoms with Crippen molar-refractivity contribution in [2.24, 2.45) is 0 Å². The first-order valence-corrected chi connectivity index (χ1v) is 12.2. The van der Waals surface area contributed by atoms with E-state index in [0.29, 0.717) is 18.3 Å². The first-order valence-electron chi connectivity index (χ1n) is 11.4. The lowest BCUT2D eigenvalue weighted by Gasteiger charge is -2.36. The standard InChI is InChI=1S/C23H30N4O2S/c28-21(14-17-8-5-13-30-17)27-11-4-3-9-20(27)22-24-19-15-26(16-6-1-2-7-16)12-10-18(19)23(29)25-22/h5,8,13,16,20H,1-4,6-7,9-12,14-15H2,(H,24,25,29). The zero-order chi connectivity index (χ0) is 20.5. The predicted molar refractivity (Wildman–Crippen MR) is 118 cm³/mol. The van der Waals surface area contributed by atoms with E-state index in [4.69, 9.17) is 4.98 Å². The van der Waals surface area contributed by atoms with Gasteiger partial charge in [-0.25, -0.2) is 4.98 Å². The van der Waals surface area contributed by atoms with Crippen LogP contribution in [0, 0.1) is 0 Å². The number of nitrogens with zero attached hydrogens (tertiary/aromatic N) is 3. The maximum atomic E-state index is 13.1. The van der Waals surface area contributed by atoms with Crippen LogP contribution in [0.5, 0.6) is 0 Å². The van der Waals surface area contributed by atoms with Crippen molar-refractivity contribution >= 4 is 17.2 Å². The van der Waals surface area contributed by atoms with Gasteiger partial charge < -0.3 is 9.88 Å². The van der Waals surface area contributed by atoms with Crippen molar-refractivity contribution < 1.29 is 4.79 Å². The molecule has 30 heavy (non-hydrogen) atoms. The molecule has 3 aliphatic rings. The number of piperidine rings is 1. The van der Waals surface area contributed by atoms with Crippen molar-refractivity contribution in [3.05, 3.63) is 49.8 Å². The van der Waals surface area contributed by atoms with Gasteiger partial charge in [0.1, 0.15) is 5.82 Å². The van der Waals surface area contributed by atoms with E-state index in [1.807, 2.05) is 22.4 Å². The summed E-state index contributed by atoms with van der Waals surface area (Å²) in [5.41, 5.74) is 1.78. The van der Waals surface area contributed by atoms with Gasteiger partial charge in [0.05, 0.1) is 18.2 Å². The maximum Gasteiger partial charge on any atom is 0.254 e. The molecule has 1 atom stereocenters. The Bertz CT molecular complexity index is 949. The van der Waals surface area contributed by atoms with Gasteiger partial charge in [-0.3, -0.25) is 14.5 Å². The normalized spacial score (nSPS) is 22.9. The minimum Gasteiger partial charge on any atom is -0.332 e. The summed E-state index contributed by atoms with van der Waals surface area (Å²) >= 11 is 1.62. The molecule has 1 aliphatic carbocycles. The molecule has 4 heterocycles. The number of aromatic amines is 1. The number of carbonyl (C=O) groups is 1. The summed E-state index contributed by atoms with van der Waals surface area (Å²) in [5, 5.41) is 2.01. The minimum atomic E-state index is -0.119. The largest absolute Gasteiger partial charge is 0.332 e. The highest BCUT2D eigenvalue weighted by atomic mass is 32.1. The Hall–Kier alpha value is -1.99. The van der Waals surface area contributed by atoms with Crippen molar-refractivity contribution in [2.45, 2.75) is 76.4 Å². The molecule has 0 bridgehead atoms. The zero-order valence-electron chi connectivity index (χ0n) is 17.4. The van der Waals surface area contributed by atoms with Gasteiger partial charge in [0.15, 0.2) is 0 Å². The van der Waals surface area contributed by atoms with Gasteiger partial charge in [0, 0.05) is 36.1 Å². The van der Waals surface area contributed by atoms with Crippen LogP contribution in [0.1, 0.15) is 72.9 Å². The quantitative estimate of drug-likeness (QED) is 0.813. The van der Waals surface area contributed by atoms with Crippen LogP contribution in [0.2, 0.25) is 0 Å². The third-order valence-corrected chi connectivity index (χ3v) is 7.88. The number of carbonyl (C=O) groups excluding carboxylic acids is 1. The van der Waals surface area contributed by atoms with Gasteiger partial charge in [-0.1, -0.05) is 18.9 Å². The number of thiophene rings is 1. The Morgan fingerprint density at radius 1 is 1.17 bits per heavy atom. The first-order chi connectivity index (χ1) is 14.7. The molecule has 2 aromatic rings. The lowest BCUT2D eigenvalue weighted by molar-refractivity contribution is -0.134. The number of rotatable bonds is 4. The molecule has 7 heteroatoms. The van der Waals surface area contributed by atoms with Crippen molar-refractivity contribution in [1.82, 2.24) is 19.8 Å². The highest BCUT2D eigenvalue weighted by Gasteiger charge is 2.33. The average Bonchev–Trinajstić information content (AvgIpc) is 3.48. The third-order valence-electron chi connectivity index (χ3n) is 7.01. The van der Waals surface area contributed by atoms with E-state index in [9.17, 15) is 9.59 Å². The molecule has 160 valence electrons. The van der Waals surface area contributed by atoms with E-state index in [1.165, 1.54) is 25.7 Å². The van der Waals surface area contributed by atoms with Gasteiger partial charge in [-0.2, -0.15) is 0 Å². The molecule has 1 unspecified atom stereocenters. The SMILES string of the molecule is O=C(Cc1cccs1)N1CCCCC1c1nc2c(c(=O)[nH]1)CCN(C1CCCC1)C2. The van der Waals surface area contributed by atoms with Gasteiger partial charge in [-0.05, 0) is 50.0 Å². The van der Waals surface area contributed by atoms with Crippen molar-refractivity contribution in [2.75, 3.05) is 13.1 Å².